The van der Waals surface area contributed by atoms with Crippen molar-refractivity contribution in [2.75, 3.05) is 0 Å². The molecule has 2 aliphatic rings. The van der Waals surface area contributed by atoms with Gasteiger partial charge in [0, 0.05) is 10.9 Å². The first-order chi connectivity index (χ1) is 15.1. The molecule has 0 bridgehead atoms. The highest BCUT2D eigenvalue weighted by atomic mass is 19.1. The fraction of sp³-hybridized carbons (Fsp3) is 0.586. The molecule has 2 saturated carbocycles. The van der Waals surface area contributed by atoms with E-state index >= 15 is 0 Å². The first kappa shape index (κ1) is 22.5. The highest BCUT2D eigenvalue weighted by Gasteiger charge is 2.35. The van der Waals surface area contributed by atoms with Gasteiger partial charge in [-0.2, -0.15) is 0 Å². The zero-order valence-electron chi connectivity index (χ0n) is 19.1. The van der Waals surface area contributed by atoms with E-state index < -0.39 is 11.6 Å². The van der Waals surface area contributed by atoms with E-state index in [2.05, 4.69) is 25.6 Å². The third-order valence-corrected chi connectivity index (χ3v) is 8.15. The van der Waals surface area contributed by atoms with Gasteiger partial charge in [0.1, 0.15) is 11.6 Å². The Morgan fingerprint density at radius 3 is 2.61 bits per heavy atom. The Kier molecular flexibility index (Phi) is 7.46. The van der Waals surface area contributed by atoms with Gasteiger partial charge in [-0.25, -0.2) is 8.78 Å². The number of hydrogen-bond donors (Lipinski definition) is 0. The molecule has 2 heteroatoms. The lowest BCUT2D eigenvalue weighted by Crippen LogP contribution is -2.30. The quantitative estimate of drug-likeness (QED) is 0.293. The van der Waals surface area contributed by atoms with Crippen LogP contribution in [-0.2, 0) is 6.42 Å². The van der Waals surface area contributed by atoms with Gasteiger partial charge in [0.25, 0.3) is 0 Å². The standard InChI is InChI=1S/C29H38F2/c1-3-5-7-8-20-10-11-22-17-23(13-12-21(22)16-20)24-14-15-26-25(18-24)19-28(30)27(29(26)31)9-6-4-2/h4,14-15,18-23H,2-3,5-13,16-17H2,1H3/t20?,21-,22?,23-/m1/s1. The molecule has 168 valence electrons. The average molecular weight is 425 g/mol. The Morgan fingerprint density at radius 1 is 1.00 bits per heavy atom. The first-order valence-corrected chi connectivity index (χ1v) is 12.6. The highest BCUT2D eigenvalue weighted by molar-refractivity contribution is 5.85. The van der Waals surface area contributed by atoms with Gasteiger partial charge in [0.2, 0.25) is 0 Å². The summed E-state index contributed by atoms with van der Waals surface area (Å²) < 4.78 is 29.5. The number of unbranched alkanes of at least 4 members (excludes halogenated alkanes) is 2. The maximum absolute atomic E-state index is 14.9. The van der Waals surface area contributed by atoms with Crippen LogP contribution in [0.5, 0.6) is 0 Å². The van der Waals surface area contributed by atoms with Gasteiger partial charge in [0.05, 0.1) is 0 Å². The lowest BCUT2D eigenvalue weighted by molar-refractivity contribution is 0.113. The van der Waals surface area contributed by atoms with Gasteiger partial charge < -0.3 is 0 Å². The number of benzene rings is 2. The molecule has 0 aromatic heterocycles. The van der Waals surface area contributed by atoms with Crippen molar-refractivity contribution >= 4 is 10.8 Å². The second-order valence-corrected chi connectivity index (χ2v) is 10.2. The number of hydrogen-bond acceptors (Lipinski definition) is 0. The van der Waals surface area contributed by atoms with Crippen LogP contribution in [0.25, 0.3) is 10.8 Å². The van der Waals surface area contributed by atoms with Crippen molar-refractivity contribution in [3.8, 4) is 0 Å². The van der Waals surface area contributed by atoms with Crippen LogP contribution in [0.1, 0.15) is 94.6 Å². The fourth-order valence-electron chi connectivity index (χ4n) is 6.36. The molecule has 0 amide bonds. The van der Waals surface area contributed by atoms with Gasteiger partial charge in [-0.1, -0.05) is 63.3 Å². The van der Waals surface area contributed by atoms with Crippen molar-refractivity contribution in [2.24, 2.45) is 17.8 Å². The summed E-state index contributed by atoms with van der Waals surface area (Å²) in [5.74, 6) is 2.41. The van der Waals surface area contributed by atoms with Gasteiger partial charge in [-0.05, 0) is 85.6 Å². The molecule has 0 spiro atoms. The molecule has 2 aliphatic carbocycles. The Morgan fingerprint density at radius 2 is 1.81 bits per heavy atom. The molecule has 2 unspecified atom stereocenters. The van der Waals surface area contributed by atoms with Crippen LogP contribution < -0.4 is 0 Å². The predicted molar refractivity (Wildman–Crippen MR) is 127 cm³/mol. The Labute approximate surface area is 187 Å². The van der Waals surface area contributed by atoms with Crippen LogP contribution >= 0.6 is 0 Å². The Hall–Kier alpha value is -1.70. The molecule has 4 atom stereocenters. The lowest BCUT2D eigenvalue weighted by Gasteiger charge is -2.42. The van der Waals surface area contributed by atoms with Gasteiger partial charge in [0.15, 0.2) is 0 Å². The van der Waals surface area contributed by atoms with E-state index in [0.29, 0.717) is 29.5 Å². The van der Waals surface area contributed by atoms with Crippen LogP contribution in [0.3, 0.4) is 0 Å². The molecule has 0 nitrogen and oxygen atoms in total. The molecule has 2 fully saturated rings. The van der Waals surface area contributed by atoms with Crippen LogP contribution in [0.15, 0.2) is 36.9 Å². The molecule has 0 radical (unpaired) electrons. The summed E-state index contributed by atoms with van der Waals surface area (Å²) in [6.07, 6.45) is 16.2. The highest BCUT2D eigenvalue weighted by Crippen LogP contribution is 2.48. The number of rotatable bonds is 8. The van der Waals surface area contributed by atoms with Crippen molar-refractivity contribution in [3.63, 3.8) is 0 Å². The molecule has 2 aromatic carbocycles. The molecule has 0 heterocycles. The van der Waals surface area contributed by atoms with Crippen LogP contribution in [0.2, 0.25) is 0 Å². The monoisotopic (exact) mass is 424 g/mol. The molecule has 0 saturated heterocycles. The van der Waals surface area contributed by atoms with Gasteiger partial charge in [-0.15, -0.1) is 6.58 Å². The van der Waals surface area contributed by atoms with Crippen molar-refractivity contribution in [1.82, 2.24) is 0 Å². The van der Waals surface area contributed by atoms with E-state index in [0.717, 1.165) is 17.8 Å². The van der Waals surface area contributed by atoms with Crippen LogP contribution in [0, 0.1) is 29.4 Å². The minimum atomic E-state index is -0.422. The minimum absolute atomic E-state index is 0.191. The average Bonchev–Trinajstić information content (AvgIpc) is 2.78. The molecule has 0 aliphatic heterocycles. The Bertz CT molecular complexity index is 899. The smallest absolute Gasteiger partial charge is 0.137 e. The molecular weight excluding hydrogens is 386 g/mol. The zero-order chi connectivity index (χ0) is 21.8. The third kappa shape index (κ3) is 5.04. The second kappa shape index (κ2) is 10.3. The van der Waals surface area contributed by atoms with Crippen molar-refractivity contribution in [1.29, 1.82) is 0 Å². The molecule has 4 rings (SSSR count). The second-order valence-electron chi connectivity index (χ2n) is 10.2. The van der Waals surface area contributed by atoms with Crippen molar-refractivity contribution in [3.05, 3.63) is 59.7 Å². The van der Waals surface area contributed by atoms with Crippen molar-refractivity contribution < 1.29 is 8.78 Å². The number of halogens is 2. The van der Waals surface area contributed by atoms with Crippen LogP contribution in [0.4, 0.5) is 8.78 Å². The largest absolute Gasteiger partial charge is 0.207 e. The fourth-order valence-corrected chi connectivity index (χ4v) is 6.36. The third-order valence-electron chi connectivity index (χ3n) is 8.15. The lowest BCUT2D eigenvalue weighted by atomic mass is 9.63. The van der Waals surface area contributed by atoms with Crippen LogP contribution in [-0.4, -0.2) is 0 Å². The van der Waals surface area contributed by atoms with Gasteiger partial charge in [-0.3, -0.25) is 0 Å². The summed E-state index contributed by atoms with van der Waals surface area (Å²) in [6, 6.07) is 7.57. The summed E-state index contributed by atoms with van der Waals surface area (Å²) in [4.78, 5) is 0. The summed E-state index contributed by atoms with van der Waals surface area (Å²) in [6.45, 7) is 5.95. The van der Waals surface area contributed by atoms with E-state index in [1.165, 1.54) is 75.8 Å². The summed E-state index contributed by atoms with van der Waals surface area (Å²) in [5, 5.41) is 1.25. The normalized spacial score (nSPS) is 26.0. The van der Waals surface area contributed by atoms with E-state index in [4.69, 9.17) is 0 Å². The number of fused-ring (bicyclic) bond motifs is 2. The van der Waals surface area contributed by atoms with Gasteiger partial charge >= 0.3 is 0 Å². The minimum Gasteiger partial charge on any atom is -0.207 e. The summed E-state index contributed by atoms with van der Waals surface area (Å²) in [7, 11) is 0. The van der Waals surface area contributed by atoms with E-state index in [1.807, 2.05) is 6.07 Å². The molecule has 0 N–H and O–H groups in total. The molecular formula is C29H38F2. The summed E-state index contributed by atoms with van der Waals surface area (Å²) >= 11 is 0. The molecule has 2 aromatic rings. The van der Waals surface area contributed by atoms with E-state index in [9.17, 15) is 8.78 Å². The summed E-state index contributed by atoms with van der Waals surface area (Å²) in [5.41, 5.74) is 1.46. The maximum Gasteiger partial charge on any atom is 0.137 e. The predicted octanol–water partition coefficient (Wildman–Crippen LogP) is 9.12. The first-order valence-electron chi connectivity index (χ1n) is 12.6. The van der Waals surface area contributed by atoms with Crippen molar-refractivity contribution in [2.45, 2.75) is 89.9 Å². The topological polar surface area (TPSA) is 0 Å². The molecule has 31 heavy (non-hydrogen) atoms. The Balaban J connectivity index is 1.45. The number of allylic oxidation sites excluding steroid dienone is 1. The van der Waals surface area contributed by atoms with E-state index in [-0.39, 0.29) is 5.56 Å². The maximum atomic E-state index is 14.9. The SMILES string of the molecule is C=CCCc1c(F)cc2cc([C@@H]3CC[C@@H]4CC(CCCCC)CCC4C3)ccc2c1F. The zero-order valence-corrected chi connectivity index (χ0v) is 19.1. The van der Waals surface area contributed by atoms with E-state index in [1.54, 1.807) is 6.08 Å².